The number of benzene rings is 1. The van der Waals surface area contributed by atoms with Crippen LogP contribution in [0.15, 0.2) is 41.0 Å². The highest BCUT2D eigenvalue weighted by molar-refractivity contribution is 5.93. The van der Waals surface area contributed by atoms with Crippen molar-refractivity contribution < 1.29 is 13.9 Å². The van der Waals surface area contributed by atoms with Crippen molar-refractivity contribution in [3.05, 3.63) is 47.9 Å². The fourth-order valence-electron chi connectivity index (χ4n) is 2.07. The molecule has 1 unspecified atom stereocenters. The number of carbonyl (C=O) groups excluding carboxylic acids is 1. The topological polar surface area (TPSA) is 63.5 Å². The first-order chi connectivity index (χ1) is 8.78. The molecule has 2 aromatic rings. The molecule has 92 valence electrons. The maximum Gasteiger partial charge on any atom is 0.320 e. The third-order valence-electron chi connectivity index (χ3n) is 2.92. The maximum absolute atomic E-state index is 11.6. The number of furan rings is 1. The zero-order valence-electron chi connectivity index (χ0n) is 9.77. The van der Waals surface area contributed by atoms with Gasteiger partial charge in [-0.25, -0.2) is 4.79 Å². The van der Waals surface area contributed by atoms with Gasteiger partial charge in [-0.2, -0.15) is 0 Å². The minimum atomic E-state index is -0.293. The van der Waals surface area contributed by atoms with Gasteiger partial charge in [0.25, 0.3) is 0 Å². The molecular formula is C13H12N2O3. The van der Waals surface area contributed by atoms with Gasteiger partial charge in [-0.1, -0.05) is 0 Å². The summed E-state index contributed by atoms with van der Waals surface area (Å²) in [5.41, 5.74) is 1.69. The molecule has 1 atom stereocenters. The Morgan fingerprint density at radius 2 is 2.22 bits per heavy atom. The van der Waals surface area contributed by atoms with Gasteiger partial charge in [-0.15, -0.1) is 0 Å². The highest BCUT2D eigenvalue weighted by Crippen LogP contribution is 2.34. The van der Waals surface area contributed by atoms with Crippen molar-refractivity contribution in [3.63, 3.8) is 0 Å². The number of rotatable bonds is 2. The van der Waals surface area contributed by atoms with Crippen LogP contribution in [-0.2, 0) is 0 Å². The Balaban J connectivity index is 2.10. The predicted molar refractivity (Wildman–Crippen MR) is 65.7 cm³/mol. The number of hydrogen-bond donors (Lipinski definition) is 2. The molecule has 0 saturated carbocycles. The number of methoxy groups -OCH3 is 1. The number of amides is 2. The Hall–Kier alpha value is -2.43. The molecule has 0 bridgehead atoms. The monoisotopic (exact) mass is 244 g/mol. The van der Waals surface area contributed by atoms with Crippen LogP contribution in [0.25, 0.3) is 0 Å². The lowest BCUT2D eigenvalue weighted by Crippen LogP contribution is -2.38. The van der Waals surface area contributed by atoms with E-state index in [1.165, 1.54) is 0 Å². The summed E-state index contributed by atoms with van der Waals surface area (Å²) >= 11 is 0. The van der Waals surface area contributed by atoms with Crippen LogP contribution in [0, 0.1) is 0 Å². The summed E-state index contributed by atoms with van der Waals surface area (Å²) in [6, 6.07) is 8.61. The molecule has 2 N–H and O–H groups in total. The average molecular weight is 244 g/mol. The van der Waals surface area contributed by atoms with E-state index in [0.29, 0.717) is 5.76 Å². The summed E-state index contributed by atoms with van der Waals surface area (Å²) in [5.74, 6) is 1.43. The molecule has 0 fully saturated rings. The van der Waals surface area contributed by atoms with Gasteiger partial charge in [0, 0.05) is 11.3 Å². The van der Waals surface area contributed by atoms with Crippen molar-refractivity contribution in [2.45, 2.75) is 6.04 Å². The molecule has 0 saturated heterocycles. The second-order valence-electron chi connectivity index (χ2n) is 4.00. The number of ether oxygens (including phenoxy) is 1. The number of carbonyl (C=O) groups is 1. The van der Waals surface area contributed by atoms with E-state index in [1.54, 1.807) is 19.4 Å². The smallest absolute Gasteiger partial charge is 0.320 e. The van der Waals surface area contributed by atoms with E-state index >= 15 is 0 Å². The van der Waals surface area contributed by atoms with Crippen molar-refractivity contribution in [1.82, 2.24) is 5.32 Å². The third kappa shape index (κ3) is 1.69. The molecule has 3 rings (SSSR count). The molecule has 18 heavy (non-hydrogen) atoms. The quantitative estimate of drug-likeness (QED) is 0.853. The van der Waals surface area contributed by atoms with Crippen LogP contribution in [-0.4, -0.2) is 13.1 Å². The summed E-state index contributed by atoms with van der Waals surface area (Å²) in [5, 5.41) is 5.58. The summed E-state index contributed by atoms with van der Waals surface area (Å²) < 4.78 is 10.6. The van der Waals surface area contributed by atoms with Crippen molar-refractivity contribution in [2.24, 2.45) is 0 Å². The molecule has 2 heterocycles. The Labute approximate surface area is 104 Å². The van der Waals surface area contributed by atoms with E-state index < -0.39 is 0 Å². The zero-order valence-corrected chi connectivity index (χ0v) is 9.77. The molecule has 0 spiro atoms. The van der Waals surface area contributed by atoms with Gasteiger partial charge in [0.05, 0.1) is 13.4 Å². The first kappa shape index (κ1) is 10.7. The second-order valence-corrected chi connectivity index (χ2v) is 4.00. The lowest BCUT2D eigenvalue weighted by atomic mass is 10.00. The molecular weight excluding hydrogens is 232 g/mol. The Bertz CT molecular complexity index is 578. The normalized spacial score (nSPS) is 17.6. The molecule has 1 aromatic heterocycles. The highest BCUT2D eigenvalue weighted by atomic mass is 16.5. The van der Waals surface area contributed by atoms with Gasteiger partial charge in [0.1, 0.15) is 17.6 Å². The number of urea groups is 1. The lowest BCUT2D eigenvalue weighted by Gasteiger charge is -2.26. The molecule has 2 amide bonds. The van der Waals surface area contributed by atoms with Gasteiger partial charge in [0.15, 0.2) is 0 Å². The Morgan fingerprint density at radius 3 is 2.94 bits per heavy atom. The number of nitrogens with one attached hydrogen (secondary N) is 2. The number of anilines is 1. The SMILES string of the molecule is COc1ccc2c(c1)C(c1ccco1)NC(=O)N2. The van der Waals surface area contributed by atoms with E-state index in [4.69, 9.17) is 9.15 Å². The van der Waals surface area contributed by atoms with Gasteiger partial charge in [-0.05, 0) is 30.3 Å². The molecule has 0 aliphatic carbocycles. The minimum Gasteiger partial charge on any atom is -0.497 e. The van der Waals surface area contributed by atoms with Crippen LogP contribution in [0.1, 0.15) is 17.4 Å². The van der Waals surface area contributed by atoms with Crippen molar-refractivity contribution in [1.29, 1.82) is 0 Å². The van der Waals surface area contributed by atoms with Crippen molar-refractivity contribution in [2.75, 3.05) is 12.4 Å². The van der Waals surface area contributed by atoms with Crippen molar-refractivity contribution in [3.8, 4) is 5.75 Å². The van der Waals surface area contributed by atoms with Crippen molar-refractivity contribution >= 4 is 11.7 Å². The van der Waals surface area contributed by atoms with Gasteiger partial charge >= 0.3 is 6.03 Å². The van der Waals surface area contributed by atoms with E-state index in [9.17, 15) is 4.79 Å². The molecule has 0 radical (unpaired) electrons. The average Bonchev–Trinajstić information content (AvgIpc) is 2.91. The van der Waals surface area contributed by atoms with Gasteiger partial charge in [-0.3, -0.25) is 0 Å². The van der Waals surface area contributed by atoms with E-state index in [2.05, 4.69) is 10.6 Å². The molecule has 5 heteroatoms. The highest BCUT2D eigenvalue weighted by Gasteiger charge is 2.27. The third-order valence-corrected chi connectivity index (χ3v) is 2.92. The van der Waals surface area contributed by atoms with Crippen LogP contribution in [0.4, 0.5) is 10.5 Å². The zero-order chi connectivity index (χ0) is 12.5. The van der Waals surface area contributed by atoms with Crippen LogP contribution in [0.2, 0.25) is 0 Å². The Morgan fingerprint density at radius 1 is 1.33 bits per heavy atom. The van der Waals surface area contributed by atoms with E-state index in [-0.39, 0.29) is 12.1 Å². The predicted octanol–water partition coefficient (Wildman–Crippen LogP) is 2.51. The minimum absolute atomic E-state index is 0.242. The standard InChI is InChI=1S/C13H12N2O3/c1-17-8-4-5-10-9(7-8)12(15-13(16)14-10)11-3-2-6-18-11/h2-7,12H,1H3,(H2,14,15,16). The fourth-order valence-corrected chi connectivity index (χ4v) is 2.07. The molecule has 1 aliphatic heterocycles. The first-order valence-electron chi connectivity index (χ1n) is 5.57. The summed E-state index contributed by atoms with van der Waals surface area (Å²) in [6.45, 7) is 0. The van der Waals surface area contributed by atoms with Crippen LogP contribution in [0.5, 0.6) is 5.75 Å². The summed E-state index contributed by atoms with van der Waals surface area (Å²) in [7, 11) is 1.61. The van der Waals surface area contributed by atoms with Crippen LogP contribution >= 0.6 is 0 Å². The van der Waals surface area contributed by atoms with E-state index in [0.717, 1.165) is 17.0 Å². The number of fused-ring (bicyclic) bond motifs is 1. The number of hydrogen-bond acceptors (Lipinski definition) is 3. The van der Waals surface area contributed by atoms with Gasteiger partial charge in [0.2, 0.25) is 0 Å². The van der Waals surface area contributed by atoms with Gasteiger partial charge < -0.3 is 19.8 Å². The molecule has 1 aromatic carbocycles. The van der Waals surface area contributed by atoms with Crippen LogP contribution in [0.3, 0.4) is 0 Å². The maximum atomic E-state index is 11.6. The lowest BCUT2D eigenvalue weighted by molar-refractivity contribution is 0.247. The van der Waals surface area contributed by atoms with E-state index in [1.807, 2.05) is 24.3 Å². The fraction of sp³-hybridized carbons (Fsp3) is 0.154. The molecule has 5 nitrogen and oxygen atoms in total. The first-order valence-corrected chi connectivity index (χ1v) is 5.57. The Kier molecular flexibility index (Phi) is 2.44. The second kappa shape index (κ2) is 4.10. The molecule has 1 aliphatic rings. The summed E-state index contributed by atoms with van der Waals surface area (Å²) in [6.07, 6.45) is 1.59. The van der Waals surface area contributed by atoms with Crippen LogP contribution < -0.4 is 15.4 Å². The largest absolute Gasteiger partial charge is 0.497 e. The summed E-state index contributed by atoms with van der Waals surface area (Å²) in [4.78, 5) is 11.6.